The normalized spacial score (nSPS) is 21.2. The highest BCUT2D eigenvalue weighted by atomic mass is 14.7. The summed E-state index contributed by atoms with van der Waals surface area (Å²) in [6.07, 6.45) is 11.6. The van der Waals surface area contributed by atoms with Crippen molar-refractivity contribution in [1.82, 2.24) is 0 Å². The van der Waals surface area contributed by atoms with Gasteiger partial charge < -0.3 is 5.73 Å². The highest BCUT2D eigenvalue weighted by molar-refractivity contribution is 5.17. The largest absolute Gasteiger partial charge is 0.325 e. The zero-order chi connectivity index (χ0) is 12.0. The third-order valence-electron chi connectivity index (χ3n) is 4.00. The zero-order valence-electron chi connectivity index (χ0n) is 10.8. The van der Waals surface area contributed by atoms with E-state index < -0.39 is 0 Å². The molecule has 0 bridgehead atoms. The lowest BCUT2D eigenvalue weighted by molar-refractivity contribution is 0.346. The van der Waals surface area contributed by atoms with Crippen molar-refractivity contribution in [3.8, 4) is 0 Å². The molecule has 1 aliphatic carbocycles. The lowest BCUT2D eigenvalue weighted by Crippen LogP contribution is -2.42. The molecule has 0 spiro atoms. The summed E-state index contributed by atoms with van der Waals surface area (Å²) in [5.74, 6) is 0. The molecule has 0 aromatic heterocycles. The molecule has 0 aliphatic heterocycles. The Balaban J connectivity index is 1.99. The Hall–Kier alpha value is -0.820. The second-order valence-electron chi connectivity index (χ2n) is 5.65. The molecule has 1 saturated carbocycles. The van der Waals surface area contributed by atoms with E-state index in [9.17, 15) is 0 Å². The fraction of sp³-hybridized carbons (Fsp3) is 0.625. The second kappa shape index (κ2) is 6.20. The zero-order valence-corrected chi connectivity index (χ0v) is 10.8. The average molecular weight is 231 g/mol. The Morgan fingerprint density at radius 3 is 1.94 bits per heavy atom. The fourth-order valence-electron chi connectivity index (χ4n) is 2.97. The first-order valence-corrected chi connectivity index (χ1v) is 7.11. The molecule has 0 heterocycles. The maximum Gasteiger partial charge on any atom is 0.0195 e. The molecule has 1 aliphatic rings. The van der Waals surface area contributed by atoms with Gasteiger partial charge in [0.1, 0.15) is 0 Å². The average Bonchev–Trinajstić information content (AvgIpc) is 2.43. The Labute approximate surface area is 105 Å². The molecule has 1 aromatic carbocycles. The minimum absolute atomic E-state index is 0.0473. The summed E-state index contributed by atoms with van der Waals surface area (Å²) in [5, 5.41) is 0. The van der Waals surface area contributed by atoms with E-state index in [1.807, 2.05) is 0 Å². The van der Waals surface area contributed by atoms with Crippen LogP contribution in [0.25, 0.3) is 0 Å². The van der Waals surface area contributed by atoms with Gasteiger partial charge in [-0.3, -0.25) is 0 Å². The van der Waals surface area contributed by atoms with Crippen molar-refractivity contribution in [3.05, 3.63) is 35.9 Å². The molecule has 94 valence electrons. The van der Waals surface area contributed by atoms with Crippen LogP contribution < -0.4 is 5.73 Å². The van der Waals surface area contributed by atoms with E-state index in [4.69, 9.17) is 5.73 Å². The predicted octanol–water partition coefficient (Wildman–Crippen LogP) is 4.06. The van der Waals surface area contributed by atoms with E-state index >= 15 is 0 Å². The van der Waals surface area contributed by atoms with Crippen LogP contribution in [-0.4, -0.2) is 5.54 Å². The SMILES string of the molecule is NC1(Cc2ccccc2)CCCCCCCC1. The van der Waals surface area contributed by atoms with E-state index in [1.54, 1.807) is 0 Å². The molecule has 0 atom stereocenters. The van der Waals surface area contributed by atoms with Crippen molar-refractivity contribution in [1.29, 1.82) is 0 Å². The summed E-state index contributed by atoms with van der Waals surface area (Å²) in [6, 6.07) is 10.7. The quantitative estimate of drug-likeness (QED) is 0.816. The Bertz CT molecular complexity index is 308. The van der Waals surface area contributed by atoms with Gasteiger partial charge in [-0.25, -0.2) is 0 Å². The van der Waals surface area contributed by atoms with Gasteiger partial charge >= 0.3 is 0 Å². The van der Waals surface area contributed by atoms with Crippen molar-refractivity contribution in [3.63, 3.8) is 0 Å². The van der Waals surface area contributed by atoms with Crippen molar-refractivity contribution >= 4 is 0 Å². The van der Waals surface area contributed by atoms with E-state index in [-0.39, 0.29) is 5.54 Å². The van der Waals surface area contributed by atoms with Crippen molar-refractivity contribution in [2.24, 2.45) is 5.73 Å². The van der Waals surface area contributed by atoms with E-state index in [2.05, 4.69) is 30.3 Å². The highest BCUT2D eigenvalue weighted by Crippen LogP contribution is 2.26. The van der Waals surface area contributed by atoms with Gasteiger partial charge in [-0.05, 0) is 24.8 Å². The van der Waals surface area contributed by atoms with Gasteiger partial charge in [0.15, 0.2) is 0 Å². The standard InChI is InChI=1S/C16H25N/c17-16(14-15-10-6-5-7-11-15)12-8-3-1-2-4-9-13-16/h5-7,10-11H,1-4,8-9,12-14,17H2. The van der Waals surface area contributed by atoms with Gasteiger partial charge in [0.05, 0.1) is 0 Å². The summed E-state index contributed by atoms with van der Waals surface area (Å²) < 4.78 is 0. The van der Waals surface area contributed by atoms with Crippen LogP contribution in [0.15, 0.2) is 30.3 Å². The molecule has 2 rings (SSSR count). The van der Waals surface area contributed by atoms with Gasteiger partial charge in [0.2, 0.25) is 0 Å². The van der Waals surface area contributed by atoms with Crippen LogP contribution in [0.1, 0.15) is 56.9 Å². The van der Waals surface area contributed by atoms with Crippen LogP contribution in [-0.2, 0) is 6.42 Å². The molecule has 1 fully saturated rings. The molecular formula is C16H25N. The van der Waals surface area contributed by atoms with E-state index in [0.717, 1.165) is 6.42 Å². The highest BCUT2D eigenvalue weighted by Gasteiger charge is 2.24. The first-order valence-electron chi connectivity index (χ1n) is 7.11. The van der Waals surface area contributed by atoms with Crippen LogP contribution in [0.3, 0.4) is 0 Å². The maximum absolute atomic E-state index is 6.63. The van der Waals surface area contributed by atoms with Crippen LogP contribution in [0.2, 0.25) is 0 Å². The number of benzene rings is 1. The molecule has 1 heteroatoms. The van der Waals surface area contributed by atoms with Gasteiger partial charge in [-0.1, -0.05) is 68.9 Å². The summed E-state index contributed by atoms with van der Waals surface area (Å²) in [4.78, 5) is 0. The number of hydrogen-bond acceptors (Lipinski definition) is 1. The molecule has 0 radical (unpaired) electrons. The van der Waals surface area contributed by atoms with Crippen LogP contribution in [0.4, 0.5) is 0 Å². The van der Waals surface area contributed by atoms with E-state index in [0.29, 0.717) is 0 Å². The van der Waals surface area contributed by atoms with Crippen molar-refractivity contribution in [2.75, 3.05) is 0 Å². The van der Waals surface area contributed by atoms with Gasteiger partial charge in [-0.2, -0.15) is 0 Å². The molecule has 0 amide bonds. The minimum atomic E-state index is 0.0473. The molecule has 1 nitrogen and oxygen atoms in total. The van der Waals surface area contributed by atoms with Crippen LogP contribution in [0, 0.1) is 0 Å². The molecule has 17 heavy (non-hydrogen) atoms. The third-order valence-corrected chi connectivity index (χ3v) is 4.00. The Morgan fingerprint density at radius 2 is 1.35 bits per heavy atom. The van der Waals surface area contributed by atoms with Crippen LogP contribution in [0.5, 0.6) is 0 Å². The number of hydrogen-bond donors (Lipinski definition) is 1. The predicted molar refractivity (Wildman–Crippen MR) is 74.0 cm³/mol. The maximum atomic E-state index is 6.63. The summed E-state index contributed by atoms with van der Waals surface area (Å²) in [6.45, 7) is 0. The molecule has 1 aromatic rings. The van der Waals surface area contributed by atoms with Gasteiger partial charge in [0, 0.05) is 5.54 Å². The Kier molecular flexibility index (Phi) is 4.61. The first-order chi connectivity index (χ1) is 8.29. The number of nitrogens with two attached hydrogens (primary N) is 1. The first kappa shape index (κ1) is 12.6. The summed E-state index contributed by atoms with van der Waals surface area (Å²) >= 11 is 0. The van der Waals surface area contributed by atoms with Gasteiger partial charge in [0.25, 0.3) is 0 Å². The monoisotopic (exact) mass is 231 g/mol. The molecule has 0 saturated heterocycles. The number of rotatable bonds is 2. The third kappa shape index (κ3) is 4.16. The molecule has 0 unspecified atom stereocenters. The fourth-order valence-corrected chi connectivity index (χ4v) is 2.97. The second-order valence-corrected chi connectivity index (χ2v) is 5.65. The molecular weight excluding hydrogens is 206 g/mol. The topological polar surface area (TPSA) is 26.0 Å². The van der Waals surface area contributed by atoms with Crippen molar-refractivity contribution < 1.29 is 0 Å². The molecule has 2 N–H and O–H groups in total. The summed E-state index contributed by atoms with van der Waals surface area (Å²) in [7, 11) is 0. The summed E-state index contributed by atoms with van der Waals surface area (Å²) in [5.41, 5.74) is 8.07. The smallest absolute Gasteiger partial charge is 0.0195 e. The van der Waals surface area contributed by atoms with Gasteiger partial charge in [-0.15, -0.1) is 0 Å². The lowest BCUT2D eigenvalue weighted by Gasteiger charge is -2.29. The van der Waals surface area contributed by atoms with Crippen LogP contribution >= 0.6 is 0 Å². The Morgan fingerprint density at radius 1 is 0.824 bits per heavy atom. The minimum Gasteiger partial charge on any atom is -0.325 e. The van der Waals surface area contributed by atoms with Crippen molar-refractivity contribution in [2.45, 2.75) is 63.3 Å². The lowest BCUT2D eigenvalue weighted by atomic mass is 9.83. The van der Waals surface area contributed by atoms with E-state index in [1.165, 1.54) is 56.9 Å².